The lowest BCUT2D eigenvalue weighted by atomic mass is 9.98. The second kappa shape index (κ2) is 8.06. The lowest BCUT2D eigenvalue weighted by Gasteiger charge is -2.13. The van der Waals surface area contributed by atoms with E-state index in [4.69, 9.17) is 9.97 Å². The van der Waals surface area contributed by atoms with Gasteiger partial charge >= 0.3 is 0 Å². The first kappa shape index (κ1) is 19.0. The lowest BCUT2D eigenvalue weighted by molar-refractivity contribution is 0.742. The van der Waals surface area contributed by atoms with Crippen molar-refractivity contribution in [3.05, 3.63) is 66.4 Å². The molecule has 0 unspecified atom stereocenters. The maximum atomic E-state index is 4.83. The third-order valence-electron chi connectivity index (χ3n) is 5.28. The van der Waals surface area contributed by atoms with E-state index in [1.54, 1.807) is 6.20 Å². The van der Waals surface area contributed by atoms with E-state index in [1.807, 2.05) is 25.1 Å². The number of nitrogens with zero attached hydrogens (tertiary/aromatic N) is 7. The van der Waals surface area contributed by atoms with Crippen molar-refractivity contribution < 1.29 is 0 Å². The highest BCUT2D eigenvalue weighted by molar-refractivity contribution is 5.83. The summed E-state index contributed by atoms with van der Waals surface area (Å²) in [6, 6.07) is 16.5. The van der Waals surface area contributed by atoms with Crippen molar-refractivity contribution in [3.63, 3.8) is 0 Å². The van der Waals surface area contributed by atoms with Gasteiger partial charge in [0.25, 0.3) is 0 Å². The number of nitrogens with one attached hydrogen (secondary N) is 1. The molecule has 0 aliphatic rings. The second-order valence-corrected chi connectivity index (χ2v) is 7.42. The predicted molar refractivity (Wildman–Crippen MR) is 119 cm³/mol. The van der Waals surface area contributed by atoms with Gasteiger partial charge in [0.15, 0.2) is 5.65 Å². The number of imidazole rings is 1. The summed E-state index contributed by atoms with van der Waals surface area (Å²) in [4.78, 5) is 13.9. The molecule has 3 heterocycles. The van der Waals surface area contributed by atoms with E-state index in [9.17, 15) is 0 Å². The van der Waals surface area contributed by atoms with Crippen molar-refractivity contribution in [2.24, 2.45) is 0 Å². The van der Waals surface area contributed by atoms with Crippen LogP contribution in [0.1, 0.15) is 31.4 Å². The molecule has 0 atom stereocenters. The first-order chi connectivity index (χ1) is 15.2. The molecule has 0 bridgehead atoms. The highest BCUT2D eigenvalue weighted by Gasteiger charge is 2.18. The number of benzene rings is 2. The van der Waals surface area contributed by atoms with Crippen molar-refractivity contribution in [3.8, 4) is 28.2 Å². The van der Waals surface area contributed by atoms with Gasteiger partial charge in [-0.15, -0.1) is 10.2 Å². The Bertz CT molecular complexity index is 1320. The Balaban J connectivity index is 1.74. The normalized spacial score (nSPS) is 11.3. The Morgan fingerprint density at radius 1 is 1.00 bits per heavy atom. The average molecular weight is 410 g/mol. The molecule has 8 heteroatoms. The zero-order valence-corrected chi connectivity index (χ0v) is 17.4. The van der Waals surface area contributed by atoms with E-state index in [1.165, 1.54) is 0 Å². The average Bonchev–Trinajstić information content (AvgIpc) is 3.46. The summed E-state index contributed by atoms with van der Waals surface area (Å²) in [6.07, 6.45) is 4.80. The van der Waals surface area contributed by atoms with Gasteiger partial charge in [0.2, 0.25) is 5.82 Å². The van der Waals surface area contributed by atoms with Gasteiger partial charge in [0.1, 0.15) is 17.2 Å². The van der Waals surface area contributed by atoms with Crippen LogP contribution in [-0.4, -0.2) is 40.1 Å². The van der Waals surface area contributed by atoms with E-state index >= 15 is 0 Å². The van der Waals surface area contributed by atoms with E-state index in [2.05, 4.69) is 67.4 Å². The molecule has 8 nitrogen and oxygen atoms in total. The summed E-state index contributed by atoms with van der Waals surface area (Å²) in [5.74, 6) is 2.24. The van der Waals surface area contributed by atoms with Crippen molar-refractivity contribution in [2.45, 2.75) is 33.1 Å². The first-order valence-electron chi connectivity index (χ1n) is 10.4. The monoisotopic (exact) mass is 410 g/mol. The molecule has 0 saturated heterocycles. The molecule has 0 aliphatic carbocycles. The molecule has 1 N–H and O–H groups in total. The van der Waals surface area contributed by atoms with Crippen molar-refractivity contribution >= 4 is 11.2 Å². The van der Waals surface area contributed by atoms with Gasteiger partial charge in [0.05, 0.1) is 6.20 Å². The number of hydrogen-bond donors (Lipinski definition) is 1. The Hall–Kier alpha value is -3.94. The van der Waals surface area contributed by atoms with E-state index < -0.39 is 0 Å². The molecule has 5 aromatic rings. The van der Waals surface area contributed by atoms with E-state index in [-0.39, 0.29) is 0 Å². The molecule has 0 aliphatic heterocycles. The Morgan fingerprint density at radius 2 is 1.87 bits per heavy atom. The summed E-state index contributed by atoms with van der Waals surface area (Å²) in [5, 5.41) is 14.8. The number of hydrogen-bond acceptors (Lipinski definition) is 6. The minimum absolute atomic E-state index is 0.547. The van der Waals surface area contributed by atoms with Crippen molar-refractivity contribution in [1.82, 2.24) is 40.1 Å². The number of tetrazole rings is 1. The van der Waals surface area contributed by atoms with E-state index in [0.29, 0.717) is 5.82 Å². The van der Waals surface area contributed by atoms with Gasteiger partial charge in [-0.05, 0) is 41.8 Å². The number of aryl methyl sites for hydroxylation is 2. The lowest BCUT2D eigenvalue weighted by Crippen LogP contribution is -2.04. The Morgan fingerprint density at radius 3 is 2.65 bits per heavy atom. The van der Waals surface area contributed by atoms with Crippen molar-refractivity contribution in [1.29, 1.82) is 0 Å². The molecular formula is C23H22N8. The van der Waals surface area contributed by atoms with Crippen LogP contribution in [-0.2, 0) is 6.42 Å². The third kappa shape index (κ3) is 3.56. The standard InChI is InChI=1S/C23H22N8/c1-3-4-10-21-26-20-14-24-15(2)25-23(20)31(21)17-11-12-18(16-8-6-5-7-9-16)19(13-17)22-27-29-30-28-22/h5-9,11-14H,3-4,10H2,1-2H3,(H,27,28,29,30). The zero-order valence-electron chi connectivity index (χ0n) is 17.4. The summed E-state index contributed by atoms with van der Waals surface area (Å²) < 4.78 is 2.12. The van der Waals surface area contributed by atoms with Gasteiger partial charge in [-0.25, -0.2) is 15.0 Å². The van der Waals surface area contributed by atoms with Crippen molar-refractivity contribution in [2.75, 3.05) is 0 Å². The molecule has 3 aromatic heterocycles. The number of H-pyrrole nitrogens is 1. The minimum atomic E-state index is 0.547. The number of fused-ring (bicyclic) bond motifs is 1. The minimum Gasteiger partial charge on any atom is -0.281 e. The number of unbranched alkanes of at least 4 members (excludes halogenated alkanes) is 1. The van der Waals surface area contributed by atoms with Crippen LogP contribution in [0.3, 0.4) is 0 Å². The molecule has 0 amide bonds. The molecule has 154 valence electrons. The van der Waals surface area contributed by atoms with Gasteiger partial charge in [-0.2, -0.15) is 5.21 Å². The highest BCUT2D eigenvalue weighted by atomic mass is 15.5. The summed E-state index contributed by atoms with van der Waals surface area (Å²) in [6.45, 7) is 4.08. The zero-order chi connectivity index (χ0) is 21.2. The van der Waals surface area contributed by atoms with Crippen LogP contribution < -0.4 is 0 Å². The molecule has 2 aromatic carbocycles. The summed E-state index contributed by atoms with van der Waals surface area (Å²) in [5.41, 5.74) is 5.59. The van der Waals surface area contributed by atoms with Crippen LogP contribution in [0.25, 0.3) is 39.4 Å². The predicted octanol–water partition coefficient (Wildman–Crippen LogP) is 4.31. The fraction of sp³-hybridized carbons (Fsp3) is 0.217. The Labute approximate surface area is 179 Å². The van der Waals surface area contributed by atoms with Gasteiger partial charge < -0.3 is 0 Å². The fourth-order valence-corrected chi connectivity index (χ4v) is 3.78. The quantitative estimate of drug-likeness (QED) is 0.448. The SMILES string of the molecule is CCCCc1nc2cnc(C)nc2n1-c1ccc(-c2ccccc2)c(-c2nn[nH]n2)c1. The number of aromatic nitrogens is 8. The Kier molecular flexibility index (Phi) is 4.95. The summed E-state index contributed by atoms with van der Waals surface area (Å²) >= 11 is 0. The third-order valence-corrected chi connectivity index (χ3v) is 5.28. The maximum Gasteiger partial charge on any atom is 0.205 e. The smallest absolute Gasteiger partial charge is 0.205 e. The maximum absolute atomic E-state index is 4.83. The van der Waals surface area contributed by atoms with Crippen LogP contribution in [0.2, 0.25) is 0 Å². The molecule has 5 rings (SSSR count). The van der Waals surface area contributed by atoms with Gasteiger partial charge in [-0.3, -0.25) is 4.57 Å². The highest BCUT2D eigenvalue weighted by Crippen LogP contribution is 2.33. The number of rotatable bonds is 6. The van der Waals surface area contributed by atoms with Crippen LogP contribution in [0.15, 0.2) is 54.7 Å². The van der Waals surface area contributed by atoms with Crippen LogP contribution >= 0.6 is 0 Å². The largest absolute Gasteiger partial charge is 0.281 e. The summed E-state index contributed by atoms with van der Waals surface area (Å²) in [7, 11) is 0. The number of aromatic amines is 1. The molecular weight excluding hydrogens is 388 g/mol. The second-order valence-electron chi connectivity index (χ2n) is 7.42. The van der Waals surface area contributed by atoms with Crippen LogP contribution in [0, 0.1) is 6.92 Å². The van der Waals surface area contributed by atoms with Crippen LogP contribution in [0.5, 0.6) is 0 Å². The fourth-order valence-electron chi connectivity index (χ4n) is 3.78. The molecule has 0 spiro atoms. The van der Waals surface area contributed by atoms with Gasteiger partial charge in [0, 0.05) is 17.7 Å². The molecule has 0 fully saturated rings. The molecule has 0 radical (unpaired) electrons. The molecule has 31 heavy (non-hydrogen) atoms. The topological polar surface area (TPSA) is 98.1 Å². The van der Waals surface area contributed by atoms with Gasteiger partial charge in [-0.1, -0.05) is 49.7 Å². The van der Waals surface area contributed by atoms with Crippen LogP contribution in [0.4, 0.5) is 0 Å². The molecule has 0 saturated carbocycles. The van der Waals surface area contributed by atoms with E-state index in [0.717, 1.165) is 64.5 Å². The first-order valence-corrected chi connectivity index (χ1v) is 10.4.